The molecular formula is C29H33BN2O3. The number of hydrogen-bond acceptors (Lipinski definition) is 4. The molecule has 35 heavy (non-hydrogen) atoms. The molecule has 0 aromatic heterocycles. The van der Waals surface area contributed by atoms with E-state index in [1.54, 1.807) is 6.07 Å². The van der Waals surface area contributed by atoms with E-state index in [0.29, 0.717) is 35.1 Å². The van der Waals surface area contributed by atoms with Gasteiger partial charge in [0.2, 0.25) is 0 Å². The predicted molar refractivity (Wildman–Crippen MR) is 144 cm³/mol. The van der Waals surface area contributed by atoms with Crippen LogP contribution in [0.25, 0.3) is 11.1 Å². The fraction of sp³-hybridized carbons (Fsp3) is 0.310. The molecule has 0 radical (unpaired) electrons. The predicted octanol–water partition coefficient (Wildman–Crippen LogP) is 5.32. The van der Waals surface area contributed by atoms with Crippen molar-refractivity contribution in [3.63, 3.8) is 0 Å². The first kappa shape index (κ1) is 24.7. The minimum Gasteiger partial charge on any atom is -0.493 e. The van der Waals surface area contributed by atoms with Gasteiger partial charge in [-0.05, 0) is 79.2 Å². The van der Waals surface area contributed by atoms with Gasteiger partial charge >= 0.3 is 0 Å². The summed E-state index contributed by atoms with van der Waals surface area (Å²) in [7, 11) is 2.15. The van der Waals surface area contributed by atoms with E-state index < -0.39 is 0 Å². The van der Waals surface area contributed by atoms with Crippen LogP contribution in [-0.2, 0) is 0 Å². The topological polar surface area (TPSA) is 58.6 Å². The fourth-order valence-electron chi connectivity index (χ4n) is 4.54. The van der Waals surface area contributed by atoms with E-state index in [4.69, 9.17) is 4.74 Å². The van der Waals surface area contributed by atoms with Gasteiger partial charge in [-0.25, -0.2) is 0 Å². The number of hydrogen-bond donors (Lipinski definition) is 1. The van der Waals surface area contributed by atoms with Crippen LogP contribution in [0.2, 0.25) is 0 Å². The van der Waals surface area contributed by atoms with E-state index in [1.165, 1.54) is 5.56 Å². The summed E-state index contributed by atoms with van der Waals surface area (Å²) in [5.74, 6) is 0.744. The van der Waals surface area contributed by atoms with Gasteiger partial charge in [0.25, 0.3) is 5.91 Å². The number of nitrogens with one attached hydrogen (secondary N) is 1. The molecule has 5 nitrogen and oxygen atoms in total. The Morgan fingerprint density at radius 2 is 1.83 bits per heavy atom. The molecule has 1 aliphatic heterocycles. The molecule has 0 atom stereocenters. The number of amides is 1. The molecular weight excluding hydrogens is 435 g/mol. The third-order valence-corrected chi connectivity index (χ3v) is 6.73. The third kappa shape index (κ3) is 6.20. The number of carbonyl (C=O) groups excluding carboxylic acids is 2. The summed E-state index contributed by atoms with van der Waals surface area (Å²) in [6.45, 7) is 4.78. The number of ether oxygens (including phenoxy) is 1. The molecule has 1 amide bonds. The third-order valence-electron chi connectivity index (χ3n) is 6.73. The van der Waals surface area contributed by atoms with Gasteiger partial charge in [-0.2, -0.15) is 0 Å². The van der Waals surface area contributed by atoms with E-state index in [9.17, 15) is 9.59 Å². The number of aldehydes is 1. The van der Waals surface area contributed by atoms with Gasteiger partial charge in [0, 0.05) is 5.56 Å². The van der Waals surface area contributed by atoms with Crippen molar-refractivity contribution in [3.8, 4) is 16.9 Å². The van der Waals surface area contributed by atoms with Crippen molar-refractivity contribution < 1.29 is 14.3 Å². The molecule has 3 aromatic carbocycles. The highest BCUT2D eigenvalue weighted by molar-refractivity contribution is 6.08. The standard InChI is InChI=1S/C29H33BN2O3/c1-2-3-17-35-28-12-11-23(22-13-15-32(30)16-14-22)18-26(28)29(34)31-27-19-24(9-10-25(27)20-33)21-7-5-4-6-8-21/h4-12,18-20,22H,2-3,13-17,30H2,1H3,(H,31,34). The summed E-state index contributed by atoms with van der Waals surface area (Å²) >= 11 is 0. The highest BCUT2D eigenvalue weighted by atomic mass is 16.5. The zero-order chi connectivity index (χ0) is 24.6. The molecule has 4 rings (SSSR count). The zero-order valence-corrected chi connectivity index (χ0v) is 20.6. The Hall–Kier alpha value is -3.38. The minimum absolute atomic E-state index is 0.264. The second-order valence-electron chi connectivity index (χ2n) is 9.28. The van der Waals surface area contributed by atoms with Gasteiger partial charge in [0.15, 0.2) is 14.3 Å². The van der Waals surface area contributed by atoms with Crippen LogP contribution in [0.5, 0.6) is 5.75 Å². The monoisotopic (exact) mass is 468 g/mol. The van der Waals surface area contributed by atoms with E-state index in [2.05, 4.69) is 31.1 Å². The van der Waals surface area contributed by atoms with E-state index in [-0.39, 0.29) is 5.91 Å². The zero-order valence-electron chi connectivity index (χ0n) is 20.6. The van der Waals surface area contributed by atoms with Crippen molar-refractivity contribution in [1.29, 1.82) is 0 Å². The molecule has 1 aliphatic rings. The first-order chi connectivity index (χ1) is 17.1. The average molecular weight is 468 g/mol. The lowest BCUT2D eigenvalue weighted by molar-refractivity contribution is 0.102. The van der Waals surface area contributed by atoms with Crippen molar-refractivity contribution >= 4 is 25.9 Å². The lowest BCUT2D eigenvalue weighted by atomic mass is 9.87. The van der Waals surface area contributed by atoms with Crippen molar-refractivity contribution in [3.05, 3.63) is 83.4 Å². The first-order valence-corrected chi connectivity index (χ1v) is 12.5. The smallest absolute Gasteiger partial charge is 0.259 e. The Morgan fingerprint density at radius 1 is 1.06 bits per heavy atom. The summed E-state index contributed by atoms with van der Waals surface area (Å²) in [6.07, 6.45) is 4.86. The quantitative estimate of drug-likeness (QED) is 0.262. The summed E-state index contributed by atoms with van der Waals surface area (Å²) < 4.78 is 6.01. The van der Waals surface area contributed by atoms with Crippen molar-refractivity contribution in [2.45, 2.75) is 38.5 Å². The Bertz CT molecular complexity index is 1160. The van der Waals surface area contributed by atoms with Gasteiger partial charge in [0.1, 0.15) is 5.75 Å². The maximum Gasteiger partial charge on any atom is 0.259 e. The lowest BCUT2D eigenvalue weighted by Gasteiger charge is -2.30. The van der Waals surface area contributed by atoms with Crippen LogP contribution in [0.4, 0.5) is 5.69 Å². The highest BCUT2D eigenvalue weighted by Crippen LogP contribution is 2.32. The van der Waals surface area contributed by atoms with Crippen LogP contribution in [0.1, 0.15) is 64.8 Å². The molecule has 0 unspecified atom stereocenters. The molecule has 1 heterocycles. The Balaban J connectivity index is 1.64. The Kier molecular flexibility index (Phi) is 8.38. The molecule has 1 N–H and O–H groups in total. The Labute approximate surface area is 208 Å². The molecule has 0 aliphatic carbocycles. The number of unbranched alkanes of at least 4 members (excludes halogenated alkanes) is 1. The summed E-state index contributed by atoms with van der Waals surface area (Å²) in [6, 6.07) is 21.4. The summed E-state index contributed by atoms with van der Waals surface area (Å²) in [5.41, 5.74) is 4.58. The fourth-order valence-corrected chi connectivity index (χ4v) is 4.54. The maximum atomic E-state index is 13.6. The average Bonchev–Trinajstić information content (AvgIpc) is 2.90. The van der Waals surface area contributed by atoms with Crippen LogP contribution < -0.4 is 10.1 Å². The largest absolute Gasteiger partial charge is 0.493 e. The molecule has 6 heteroatoms. The number of nitrogens with zero attached hydrogens (tertiary/aromatic N) is 1. The number of rotatable bonds is 9. The molecule has 180 valence electrons. The summed E-state index contributed by atoms with van der Waals surface area (Å²) in [5, 5.41) is 3.00. The molecule has 0 saturated carbocycles. The minimum atomic E-state index is -0.264. The van der Waals surface area contributed by atoms with E-state index in [1.807, 2.05) is 54.6 Å². The SMILES string of the molecule is BN1CCC(c2ccc(OCCCC)c(C(=O)Nc3cc(-c4ccccc4)ccc3C=O)c2)CC1. The molecule has 3 aromatic rings. The number of benzene rings is 3. The van der Waals surface area contributed by atoms with Crippen LogP contribution in [-0.4, -0.2) is 44.7 Å². The van der Waals surface area contributed by atoms with Crippen molar-refractivity contribution in [1.82, 2.24) is 4.81 Å². The first-order valence-electron chi connectivity index (χ1n) is 12.5. The highest BCUT2D eigenvalue weighted by Gasteiger charge is 2.22. The van der Waals surface area contributed by atoms with Crippen molar-refractivity contribution in [2.24, 2.45) is 0 Å². The molecule has 1 saturated heterocycles. The second-order valence-corrected chi connectivity index (χ2v) is 9.28. The van der Waals surface area contributed by atoms with Gasteiger partial charge in [-0.15, -0.1) is 0 Å². The van der Waals surface area contributed by atoms with E-state index in [0.717, 1.165) is 56.2 Å². The lowest BCUT2D eigenvalue weighted by Crippen LogP contribution is -2.30. The van der Waals surface area contributed by atoms with E-state index >= 15 is 0 Å². The maximum absolute atomic E-state index is 13.6. The van der Waals surface area contributed by atoms with Crippen LogP contribution in [0.3, 0.4) is 0 Å². The Morgan fingerprint density at radius 3 is 2.54 bits per heavy atom. The molecule has 0 spiro atoms. The molecule has 1 fully saturated rings. The van der Waals surface area contributed by atoms with Gasteiger partial charge in [-0.3, -0.25) is 9.59 Å². The second kappa shape index (κ2) is 11.9. The van der Waals surface area contributed by atoms with Gasteiger partial charge < -0.3 is 14.9 Å². The van der Waals surface area contributed by atoms with Crippen molar-refractivity contribution in [2.75, 3.05) is 25.0 Å². The number of anilines is 1. The summed E-state index contributed by atoms with van der Waals surface area (Å²) in [4.78, 5) is 27.6. The number of carbonyl (C=O) groups is 2. The van der Waals surface area contributed by atoms with Crippen LogP contribution >= 0.6 is 0 Å². The van der Waals surface area contributed by atoms with Gasteiger partial charge in [-0.1, -0.05) is 55.8 Å². The normalized spacial score (nSPS) is 14.4. The van der Waals surface area contributed by atoms with Crippen LogP contribution in [0, 0.1) is 0 Å². The molecule has 0 bridgehead atoms. The van der Waals surface area contributed by atoms with Crippen LogP contribution in [0.15, 0.2) is 66.7 Å². The number of piperidine rings is 1. The van der Waals surface area contributed by atoms with Gasteiger partial charge in [0.05, 0.1) is 17.9 Å².